The van der Waals surface area contributed by atoms with Crippen LogP contribution in [0, 0.1) is 5.92 Å². The Hall–Kier alpha value is -1.75. The molecule has 0 saturated carbocycles. The van der Waals surface area contributed by atoms with Gasteiger partial charge in [-0.1, -0.05) is 19.1 Å². The standard InChI is InChI=1S/C11H17NO2.C4H6O2/c1-2-10(9-13)11(14)8-12-6-4-3-5-7-12;1-3-6-4(2)5/h2,9-10H,1,3-8H2;3H,1H2,2H3. The average Bonchev–Trinajstić information content (AvgIpc) is 2.41. The summed E-state index contributed by atoms with van der Waals surface area (Å²) in [6.45, 7) is 10.3. The topological polar surface area (TPSA) is 63.7 Å². The fourth-order valence-corrected chi connectivity index (χ4v) is 1.82. The first kappa shape index (κ1) is 18.2. The van der Waals surface area contributed by atoms with Crippen molar-refractivity contribution < 1.29 is 19.1 Å². The fourth-order valence-electron chi connectivity index (χ4n) is 1.82. The Balaban J connectivity index is 0.000000511. The molecule has 1 atom stereocenters. The minimum atomic E-state index is -0.614. The van der Waals surface area contributed by atoms with Gasteiger partial charge in [0.1, 0.15) is 6.29 Å². The molecule has 0 spiro atoms. The predicted molar refractivity (Wildman–Crippen MR) is 77.0 cm³/mol. The van der Waals surface area contributed by atoms with Crippen LogP contribution in [0.5, 0.6) is 0 Å². The first-order valence-electron chi connectivity index (χ1n) is 6.66. The third-order valence-electron chi connectivity index (χ3n) is 2.85. The molecular formula is C15H23NO4. The lowest BCUT2D eigenvalue weighted by Crippen LogP contribution is -2.36. The van der Waals surface area contributed by atoms with E-state index in [9.17, 15) is 14.4 Å². The summed E-state index contributed by atoms with van der Waals surface area (Å²) in [6, 6.07) is 0. The van der Waals surface area contributed by atoms with Crippen LogP contribution in [0.2, 0.25) is 0 Å². The monoisotopic (exact) mass is 281 g/mol. The second-order valence-corrected chi connectivity index (χ2v) is 4.48. The highest BCUT2D eigenvalue weighted by Crippen LogP contribution is 2.09. The van der Waals surface area contributed by atoms with Gasteiger partial charge in [-0.2, -0.15) is 0 Å². The highest BCUT2D eigenvalue weighted by Gasteiger charge is 2.18. The van der Waals surface area contributed by atoms with Gasteiger partial charge in [-0.05, 0) is 25.9 Å². The molecule has 1 saturated heterocycles. The molecule has 1 aliphatic rings. The second kappa shape index (κ2) is 11.1. The first-order chi connectivity index (χ1) is 9.54. The van der Waals surface area contributed by atoms with Crippen molar-refractivity contribution in [3.05, 3.63) is 25.5 Å². The van der Waals surface area contributed by atoms with Crippen LogP contribution < -0.4 is 0 Å². The number of esters is 1. The van der Waals surface area contributed by atoms with Crippen molar-refractivity contribution in [2.75, 3.05) is 19.6 Å². The second-order valence-electron chi connectivity index (χ2n) is 4.48. The Morgan fingerprint density at radius 3 is 2.20 bits per heavy atom. The van der Waals surface area contributed by atoms with E-state index in [2.05, 4.69) is 22.8 Å². The molecule has 0 radical (unpaired) electrons. The van der Waals surface area contributed by atoms with Crippen molar-refractivity contribution in [1.82, 2.24) is 4.90 Å². The number of aldehydes is 1. The van der Waals surface area contributed by atoms with Crippen LogP contribution in [0.4, 0.5) is 0 Å². The Kier molecular flexibility index (Phi) is 10.1. The van der Waals surface area contributed by atoms with Crippen molar-refractivity contribution in [3.63, 3.8) is 0 Å². The third kappa shape index (κ3) is 8.37. The molecule has 1 heterocycles. The Labute approximate surface area is 120 Å². The number of carbonyl (C=O) groups excluding carboxylic acids is 3. The number of rotatable bonds is 6. The van der Waals surface area contributed by atoms with Crippen LogP contribution in [-0.4, -0.2) is 42.6 Å². The molecule has 0 aromatic carbocycles. The molecule has 0 amide bonds. The number of Topliss-reactive ketones (excluding diaryl/α,β-unsaturated/α-hetero) is 1. The Morgan fingerprint density at radius 2 is 1.85 bits per heavy atom. The Bertz CT molecular complexity index is 338. The molecule has 1 aliphatic heterocycles. The summed E-state index contributed by atoms with van der Waals surface area (Å²) in [7, 11) is 0. The maximum absolute atomic E-state index is 11.5. The van der Waals surface area contributed by atoms with Gasteiger partial charge in [0.15, 0.2) is 5.78 Å². The van der Waals surface area contributed by atoms with E-state index in [0.29, 0.717) is 12.8 Å². The zero-order valence-electron chi connectivity index (χ0n) is 12.0. The van der Waals surface area contributed by atoms with Gasteiger partial charge in [0.2, 0.25) is 0 Å². The molecule has 5 heteroatoms. The lowest BCUT2D eigenvalue weighted by molar-refractivity contribution is -0.135. The van der Waals surface area contributed by atoms with E-state index < -0.39 is 5.92 Å². The molecular weight excluding hydrogens is 258 g/mol. The normalized spacial score (nSPS) is 16.1. The summed E-state index contributed by atoms with van der Waals surface area (Å²) < 4.78 is 4.17. The van der Waals surface area contributed by atoms with Crippen molar-refractivity contribution >= 4 is 18.0 Å². The average molecular weight is 281 g/mol. The van der Waals surface area contributed by atoms with Gasteiger partial charge in [-0.3, -0.25) is 14.5 Å². The summed E-state index contributed by atoms with van der Waals surface area (Å²) in [5.41, 5.74) is 0. The van der Waals surface area contributed by atoms with Gasteiger partial charge in [0.05, 0.1) is 18.7 Å². The van der Waals surface area contributed by atoms with Crippen molar-refractivity contribution in [2.45, 2.75) is 26.2 Å². The lowest BCUT2D eigenvalue weighted by Gasteiger charge is -2.26. The van der Waals surface area contributed by atoms with E-state index in [1.54, 1.807) is 0 Å². The van der Waals surface area contributed by atoms with Gasteiger partial charge in [-0.15, -0.1) is 6.58 Å². The molecule has 20 heavy (non-hydrogen) atoms. The third-order valence-corrected chi connectivity index (χ3v) is 2.85. The number of hydrogen-bond acceptors (Lipinski definition) is 5. The van der Waals surface area contributed by atoms with E-state index in [0.717, 1.165) is 32.2 Å². The van der Waals surface area contributed by atoms with Crippen LogP contribution in [0.15, 0.2) is 25.5 Å². The zero-order chi connectivity index (χ0) is 15.4. The molecule has 1 fully saturated rings. The van der Waals surface area contributed by atoms with Gasteiger partial charge < -0.3 is 9.53 Å². The number of likely N-dealkylation sites (tertiary alicyclic amines) is 1. The number of carbonyl (C=O) groups is 3. The first-order valence-corrected chi connectivity index (χ1v) is 6.66. The number of hydrogen-bond donors (Lipinski definition) is 0. The summed E-state index contributed by atoms with van der Waals surface area (Å²) >= 11 is 0. The van der Waals surface area contributed by atoms with Crippen LogP contribution >= 0.6 is 0 Å². The minimum Gasteiger partial charge on any atom is -0.435 e. The summed E-state index contributed by atoms with van der Waals surface area (Å²) in [4.78, 5) is 33.9. The van der Waals surface area contributed by atoms with E-state index in [1.165, 1.54) is 19.4 Å². The van der Waals surface area contributed by atoms with Crippen LogP contribution in [0.3, 0.4) is 0 Å². The van der Waals surface area contributed by atoms with Crippen LogP contribution in [-0.2, 0) is 19.1 Å². The van der Waals surface area contributed by atoms with Crippen molar-refractivity contribution in [1.29, 1.82) is 0 Å². The maximum Gasteiger partial charge on any atom is 0.307 e. The molecule has 5 nitrogen and oxygen atoms in total. The highest BCUT2D eigenvalue weighted by atomic mass is 16.5. The minimum absolute atomic E-state index is 0.0306. The molecule has 1 unspecified atom stereocenters. The van der Waals surface area contributed by atoms with Crippen molar-refractivity contribution in [3.8, 4) is 0 Å². The van der Waals surface area contributed by atoms with Gasteiger partial charge in [0, 0.05) is 6.92 Å². The maximum atomic E-state index is 11.5. The Morgan fingerprint density at radius 1 is 1.25 bits per heavy atom. The number of ether oxygens (including phenoxy) is 1. The van der Waals surface area contributed by atoms with Crippen molar-refractivity contribution in [2.24, 2.45) is 5.92 Å². The van der Waals surface area contributed by atoms with Gasteiger partial charge in [0.25, 0.3) is 0 Å². The molecule has 112 valence electrons. The summed E-state index contributed by atoms with van der Waals surface area (Å²) in [5, 5.41) is 0. The van der Waals surface area contributed by atoms with Crippen LogP contribution in [0.1, 0.15) is 26.2 Å². The van der Waals surface area contributed by atoms with Gasteiger partial charge >= 0.3 is 5.97 Å². The number of ketones is 1. The fraction of sp³-hybridized carbons (Fsp3) is 0.533. The number of piperidine rings is 1. The lowest BCUT2D eigenvalue weighted by atomic mass is 10.0. The zero-order valence-corrected chi connectivity index (χ0v) is 12.0. The van der Waals surface area contributed by atoms with E-state index >= 15 is 0 Å². The molecule has 0 aliphatic carbocycles. The number of nitrogens with zero attached hydrogens (tertiary/aromatic N) is 1. The summed E-state index contributed by atoms with van der Waals surface area (Å²) in [5.74, 6) is -0.973. The smallest absolute Gasteiger partial charge is 0.307 e. The highest BCUT2D eigenvalue weighted by molar-refractivity contribution is 5.96. The summed E-state index contributed by atoms with van der Waals surface area (Å²) in [6.07, 6.45) is 6.75. The molecule has 0 aromatic rings. The predicted octanol–water partition coefficient (Wildman–Crippen LogP) is 1.74. The SMILES string of the molecule is C=CC(C=O)C(=O)CN1CCCCC1.C=COC(C)=O. The molecule has 0 bridgehead atoms. The van der Waals surface area contributed by atoms with E-state index in [4.69, 9.17) is 0 Å². The van der Waals surface area contributed by atoms with E-state index in [1.807, 2.05) is 0 Å². The van der Waals surface area contributed by atoms with Crippen LogP contribution in [0.25, 0.3) is 0 Å². The number of allylic oxidation sites excluding steroid dienone is 1. The largest absolute Gasteiger partial charge is 0.435 e. The van der Waals surface area contributed by atoms with Gasteiger partial charge in [-0.25, -0.2) is 0 Å². The molecule has 0 aromatic heterocycles. The quantitative estimate of drug-likeness (QED) is 0.244. The molecule has 0 N–H and O–H groups in total. The van der Waals surface area contributed by atoms with E-state index in [-0.39, 0.29) is 11.8 Å². The molecule has 1 rings (SSSR count).